The number of halogens is 1. The van der Waals surface area contributed by atoms with Gasteiger partial charge < -0.3 is 10.3 Å². The highest BCUT2D eigenvalue weighted by molar-refractivity contribution is 5.78. The van der Waals surface area contributed by atoms with Gasteiger partial charge in [-0.25, -0.2) is 4.39 Å². The highest BCUT2D eigenvalue weighted by Gasteiger charge is 2.04. The average Bonchev–Trinajstić information content (AvgIpc) is 2.46. The van der Waals surface area contributed by atoms with Gasteiger partial charge in [0.15, 0.2) is 5.43 Å². The van der Waals surface area contributed by atoms with Crippen molar-refractivity contribution in [2.75, 3.05) is 5.73 Å². The summed E-state index contributed by atoms with van der Waals surface area (Å²) in [7, 11) is 0. The minimum absolute atomic E-state index is 0.0136. The smallest absolute Gasteiger partial charge is 0.189 e. The van der Waals surface area contributed by atoms with Crippen molar-refractivity contribution in [3.05, 3.63) is 76.3 Å². The minimum atomic E-state index is -0.423. The number of anilines is 1. The third-order valence-electron chi connectivity index (χ3n) is 3.30. The Balaban J connectivity index is 2.09. The molecule has 4 heteroatoms. The lowest BCUT2D eigenvalue weighted by molar-refractivity contribution is 0.628. The number of aromatic nitrogens is 1. The van der Waals surface area contributed by atoms with E-state index in [4.69, 9.17) is 5.73 Å². The Morgan fingerprint density at radius 1 is 1.10 bits per heavy atom. The summed E-state index contributed by atoms with van der Waals surface area (Å²) in [5.41, 5.74) is 7.22. The van der Waals surface area contributed by atoms with E-state index in [9.17, 15) is 9.18 Å². The first-order valence-electron chi connectivity index (χ1n) is 6.27. The van der Waals surface area contributed by atoms with Crippen molar-refractivity contribution in [3.8, 4) is 0 Å². The van der Waals surface area contributed by atoms with Crippen molar-refractivity contribution in [1.82, 2.24) is 4.57 Å². The molecule has 0 aliphatic rings. The third-order valence-corrected chi connectivity index (χ3v) is 3.30. The Hall–Kier alpha value is -2.62. The molecule has 2 N–H and O–H groups in total. The Morgan fingerprint density at radius 3 is 2.70 bits per heavy atom. The lowest BCUT2D eigenvalue weighted by Crippen LogP contribution is -2.09. The predicted molar refractivity (Wildman–Crippen MR) is 78.1 cm³/mol. The van der Waals surface area contributed by atoms with Gasteiger partial charge in [-0.15, -0.1) is 0 Å². The molecule has 0 unspecified atom stereocenters. The van der Waals surface area contributed by atoms with Gasteiger partial charge in [0, 0.05) is 24.2 Å². The number of para-hydroxylation sites is 1. The van der Waals surface area contributed by atoms with Crippen LogP contribution in [0.1, 0.15) is 5.56 Å². The molecular formula is C16H13FN2O. The van der Waals surface area contributed by atoms with E-state index in [1.807, 2.05) is 22.8 Å². The number of benzene rings is 2. The van der Waals surface area contributed by atoms with Gasteiger partial charge in [-0.2, -0.15) is 0 Å². The van der Waals surface area contributed by atoms with E-state index in [2.05, 4.69) is 0 Å². The quantitative estimate of drug-likeness (QED) is 0.726. The number of nitrogen functional groups attached to an aromatic ring is 1. The van der Waals surface area contributed by atoms with E-state index < -0.39 is 5.82 Å². The van der Waals surface area contributed by atoms with Gasteiger partial charge in [-0.1, -0.05) is 18.2 Å². The van der Waals surface area contributed by atoms with Crippen molar-refractivity contribution in [2.45, 2.75) is 6.54 Å². The van der Waals surface area contributed by atoms with Crippen LogP contribution in [0.25, 0.3) is 10.9 Å². The van der Waals surface area contributed by atoms with Gasteiger partial charge in [-0.05, 0) is 29.8 Å². The lowest BCUT2D eigenvalue weighted by atomic mass is 10.1. The summed E-state index contributed by atoms with van der Waals surface area (Å²) in [6.45, 7) is 0.484. The molecule has 1 aromatic heterocycles. The fraction of sp³-hybridized carbons (Fsp3) is 0.0625. The maximum atomic E-state index is 13.5. The molecule has 0 aliphatic carbocycles. The Labute approximate surface area is 115 Å². The van der Waals surface area contributed by atoms with Crippen LogP contribution in [-0.4, -0.2) is 4.57 Å². The molecule has 3 rings (SSSR count). The van der Waals surface area contributed by atoms with Crippen molar-refractivity contribution in [3.63, 3.8) is 0 Å². The molecular weight excluding hydrogens is 255 g/mol. The molecule has 0 radical (unpaired) electrons. The predicted octanol–water partition coefficient (Wildman–Crippen LogP) is 2.77. The van der Waals surface area contributed by atoms with E-state index in [1.165, 1.54) is 12.1 Å². The van der Waals surface area contributed by atoms with Crippen LogP contribution in [0.5, 0.6) is 0 Å². The fourth-order valence-electron chi connectivity index (χ4n) is 2.26. The Morgan fingerprint density at radius 2 is 1.90 bits per heavy atom. The number of hydrogen-bond acceptors (Lipinski definition) is 2. The highest BCUT2D eigenvalue weighted by Crippen LogP contribution is 2.15. The summed E-state index contributed by atoms with van der Waals surface area (Å²) in [6.07, 6.45) is 1.72. The van der Waals surface area contributed by atoms with E-state index in [-0.39, 0.29) is 11.1 Å². The molecule has 20 heavy (non-hydrogen) atoms. The van der Waals surface area contributed by atoms with Gasteiger partial charge in [0.25, 0.3) is 0 Å². The van der Waals surface area contributed by atoms with Gasteiger partial charge in [0.1, 0.15) is 5.82 Å². The molecule has 0 aliphatic heterocycles. The van der Waals surface area contributed by atoms with Crippen molar-refractivity contribution < 1.29 is 4.39 Å². The largest absolute Gasteiger partial charge is 0.396 e. The second-order valence-corrected chi connectivity index (χ2v) is 4.68. The molecule has 100 valence electrons. The van der Waals surface area contributed by atoms with Crippen molar-refractivity contribution >= 4 is 16.6 Å². The second kappa shape index (κ2) is 4.81. The van der Waals surface area contributed by atoms with Gasteiger partial charge in [-0.3, -0.25) is 4.79 Å². The monoisotopic (exact) mass is 268 g/mol. The van der Waals surface area contributed by atoms with E-state index >= 15 is 0 Å². The van der Waals surface area contributed by atoms with Crippen LogP contribution in [0.3, 0.4) is 0 Å². The van der Waals surface area contributed by atoms with Crippen LogP contribution in [0.15, 0.2) is 59.5 Å². The zero-order valence-electron chi connectivity index (χ0n) is 10.7. The third kappa shape index (κ3) is 2.16. The van der Waals surface area contributed by atoms with E-state index in [1.54, 1.807) is 24.4 Å². The van der Waals surface area contributed by atoms with Crippen LogP contribution >= 0.6 is 0 Å². The molecule has 3 nitrogen and oxygen atoms in total. The van der Waals surface area contributed by atoms with Crippen molar-refractivity contribution in [2.24, 2.45) is 0 Å². The number of fused-ring (bicyclic) bond motifs is 1. The van der Waals surface area contributed by atoms with Crippen molar-refractivity contribution in [1.29, 1.82) is 0 Å². The summed E-state index contributed by atoms with van der Waals surface area (Å²) in [6, 6.07) is 13.7. The normalized spacial score (nSPS) is 10.8. The summed E-state index contributed by atoms with van der Waals surface area (Å²) in [5, 5.41) is 0.658. The van der Waals surface area contributed by atoms with E-state index in [0.717, 1.165) is 11.1 Å². The molecule has 0 fully saturated rings. The number of rotatable bonds is 2. The average molecular weight is 268 g/mol. The molecule has 0 spiro atoms. The maximum Gasteiger partial charge on any atom is 0.189 e. The number of pyridine rings is 1. The minimum Gasteiger partial charge on any atom is -0.396 e. The lowest BCUT2D eigenvalue weighted by Gasteiger charge is -2.11. The standard InChI is InChI=1S/C16H13FN2O/c17-13-9-11(5-6-14(13)18)10-19-8-7-16(20)12-3-1-2-4-15(12)19/h1-9H,10,18H2. The van der Waals surface area contributed by atoms with Crippen LogP contribution in [-0.2, 0) is 6.54 Å². The van der Waals surface area contributed by atoms with Gasteiger partial charge in [0.05, 0.1) is 11.2 Å². The highest BCUT2D eigenvalue weighted by atomic mass is 19.1. The van der Waals surface area contributed by atoms with Crippen LogP contribution in [0.2, 0.25) is 0 Å². The first-order chi connectivity index (χ1) is 9.65. The van der Waals surface area contributed by atoms with Gasteiger partial charge in [0.2, 0.25) is 0 Å². The topological polar surface area (TPSA) is 48.0 Å². The van der Waals surface area contributed by atoms with Crippen LogP contribution in [0.4, 0.5) is 10.1 Å². The SMILES string of the molecule is Nc1ccc(Cn2ccc(=O)c3ccccc32)cc1F. The molecule has 3 aromatic rings. The molecule has 0 bridgehead atoms. The van der Waals surface area contributed by atoms with Crippen LogP contribution in [0, 0.1) is 5.82 Å². The van der Waals surface area contributed by atoms with Gasteiger partial charge >= 0.3 is 0 Å². The second-order valence-electron chi connectivity index (χ2n) is 4.68. The van der Waals surface area contributed by atoms with E-state index in [0.29, 0.717) is 11.9 Å². The number of hydrogen-bond donors (Lipinski definition) is 1. The zero-order chi connectivity index (χ0) is 14.1. The number of nitrogens with zero attached hydrogens (tertiary/aromatic N) is 1. The summed E-state index contributed by atoms with van der Waals surface area (Å²) < 4.78 is 15.4. The summed E-state index contributed by atoms with van der Waals surface area (Å²) in [4.78, 5) is 11.8. The molecule has 0 amide bonds. The zero-order valence-corrected chi connectivity index (χ0v) is 10.7. The maximum absolute atomic E-state index is 13.5. The Bertz CT molecular complexity index is 839. The first kappa shape index (κ1) is 12.4. The summed E-state index contributed by atoms with van der Waals surface area (Å²) >= 11 is 0. The molecule has 0 atom stereocenters. The fourth-order valence-corrected chi connectivity index (χ4v) is 2.26. The molecule has 2 aromatic carbocycles. The molecule has 1 heterocycles. The Kier molecular flexibility index (Phi) is 2.99. The van der Waals surface area contributed by atoms with Crippen LogP contribution < -0.4 is 11.2 Å². The number of nitrogens with two attached hydrogens (primary N) is 1. The molecule has 0 saturated heterocycles. The summed E-state index contributed by atoms with van der Waals surface area (Å²) in [5.74, 6) is -0.423. The first-order valence-corrected chi connectivity index (χ1v) is 6.27. The molecule has 0 saturated carbocycles.